The van der Waals surface area contributed by atoms with Crippen molar-refractivity contribution in [2.24, 2.45) is 5.92 Å². The van der Waals surface area contributed by atoms with Gasteiger partial charge < -0.3 is 15.2 Å². The van der Waals surface area contributed by atoms with E-state index in [1.807, 2.05) is 18.2 Å². The third-order valence-corrected chi connectivity index (χ3v) is 2.90. The van der Waals surface area contributed by atoms with Crippen molar-refractivity contribution in [1.29, 1.82) is 0 Å². The van der Waals surface area contributed by atoms with E-state index in [1.165, 1.54) is 5.56 Å². The first kappa shape index (κ1) is 16.0. The topological polar surface area (TPSA) is 41.5 Å². The van der Waals surface area contributed by atoms with Gasteiger partial charge in [0.15, 0.2) is 0 Å². The molecule has 0 aliphatic carbocycles. The molecule has 0 fully saturated rings. The van der Waals surface area contributed by atoms with E-state index in [0.29, 0.717) is 25.0 Å². The third kappa shape index (κ3) is 6.60. The van der Waals surface area contributed by atoms with Crippen LogP contribution in [0.5, 0.6) is 5.75 Å². The first-order chi connectivity index (χ1) is 8.99. The molecule has 0 aromatic heterocycles. The zero-order chi connectivity index (χ0) is 14.3. The Labute approximate surface area is 117 Å². The average Bonchev–Trinajstić information content (AvgIpc) is 2.36. The van der Waals surface area contributed by atoms with Gasteiger partial charge in [0, 0.05) is 6.54 Å². The Morgan fingerprint density at radius 1 is 1.16 bits per heavy atom. The second kappa shape index (κ2) is 8.18. The van der Waals surface area contributed by atoms with Gasteiger partial charge in [0.1, 0.15) is 18.5 Å². The van der Waals surface area contributed by atoms with Crippen molar-refractivity contribution in [3.05, 3.63) is 29.8 Å². The number of hydrogen-bond acceptors (Lipinski definition) is 3. The lowest BCUT2D eigenvalue weighted by Crippen LogP contribution is -2.33. The van der Waals surface area contributed by atoms with Crippen LogP contribution in [0.1, 0.15) is 39.2 Å². The predicted molar refractivity (Wildman–Crippen MR) is 79.7 cm³/mol. The summed E-state index contributed by atoms with van der Waals surface area (Å²) in [5, 5.41) is 13.0. The first-order valence-electron chi connectivity index (χ1n) is 7.10. The second-order valence-corrected chi connectivity index (χ2v) is 5.74. The summed E-state index contributed by atoms with van der Waals surface area (Å²) in [5.41, 5.74) is 1.25. The molecular formula is C16H27NO2. The highest BCUT2D eigenvalue weighted by Gasteiger charge is 2.06. The molecule has 0 heterocycles. The number of rotatable bonds is 8. The van der Waals surface area contributed by atoms with Gasteiger partial charge in [-0.15, -0.1) is 0 Å². The van der Waals surface area contributed by atoms with Crippen LogP contribution < -0.4 is 10.1 Å². The molecular weight excluding hydrogens is 238 g/mol. The zero-order valence-electron chi connectivity index (χ0n) is 12.5. The minimum absolute atomic E-state index is 0.326. The van der Waals surface area contributed by atoms with Gasteiger partial charge in [-0.1, -0.05) is 39.8 Å². The lowest BCUT2D eigenvalue weighted by atomic mass is 10.0. The van der Waals surface area contributed by atoms with Gasteiger partial charge in [-0.25, -0.2) is 0 Å². The Bertz CT molecular complexity index is 364. The monoisotopic (exact) mass is 265 g/mol. The van der Waals surface area contributed by atoms with E-state index >= 15 is 0 Å². The quantitative estimate of drug-likeness (QED) is 0.759. The summed E-state index contributed by atoms with van der Waals surface area (Å²) in [6.07, 6.45) is -0.471. The molecule has 0 spiro atoms. The van der Waals surface area contributed by atoms with Crippen molar-refractivity contribution >= 4 is 0 Å². The molecule has 1 aromatic carbocycles. The van der Waals surface area contributed by atoms with Crippen molar-refractivity contribution < 1.29 is 9.84 Å². The van der Waals surface area contributed by atoms with Gasteiger partial charge in [-0.2, -0.15) is 0 Å². The summed E-state index contributed by atoms with van der Waals surface area (Å²) in [7, 11) is 0. The normalized spacial score (nSPS) is 13.0. The number of ether oxygens (including phenoxy) is 1. The van der Waals surface area contributed by atoms with E-state index in [0.717, 1.165) is 12.3 Å². The molecule has 1 unspecified atom stereocenters. The van der Waals surface area contributed by atoms with E-state index in [4.69, 9.17) is 4.74 Å². The van der Waals surface area contributed by atoms with Crippen LogP contribution >= 0.6 is 0 Å². The minimum Gasteiger partial charge on any atom is -0.491 e. The highest BCUT2D eigenvalue weighted by Crippen LogP contribution is 2.20. The van der Waals surface area contributed by atoms with Crippen molar-refractivity contribution in [2.45, 2.75) is 39.7 Å². The third-order valence-electron chi connectivity index (χ3n) is 2.90. The molecule has 0 radical (unpaired) electrons. The number of nitrogens with one attached hydrogen (secondary N) is 1. The Balaban J connectivity index is 2.33. The van der Waals surface area contributed by atoms with Crippen molar-refractivity contribution in [2.75, 3.05) is 19.7 Å². The van der Waals surface area contributed by atoms with Gasteiger partial charge in [-0.3, -0.25) is 0 Å². The SMILES string of the molecule is CC(C)CNCC(O)COc1cccc(C(C)C)c1. The zero-order valence-corrected chi connectivity index (χ0v) is 12.5. The van der Waals surface area contributed by atoms with Gasteiger partial charge in [0.05, 0.1) is 0 Å². The van der Waals surface area contributed by atoms with Crippen LogP contribution in [0.3, 0.4) is 0 Å². The van der Waals surface area contributed by atoms with Crippen LogP contribution in [0, 0.1) is 5.92 Å². The standard InChI is InChI=1S/C16H27NO2/c1-12(2)9-17-10-15(18)11-19-16-7-5-6-14(8-16)13(3)4/h5-8,12-13,15,17-18H,9-11H2,1-4H3. The van der Waals surface area contributed by atoms with Crippen LogP contribution in [0.25, 0.3) is 0 Å². The summed E-state index contributed by atoms with van der Waals surface area (Å²) in [4.78, 5) is 0. The molecule has 1 aromatic rings. The van der Waals surface area contributed by atoms with E-state index < -0.39 is 6.10 Å². The molecule has 0 amide bonds. The fourth-order valence-corrected chi connectivity index (χ4v) is 1.75. The van der Waals surface area contributed by atoms with Gasteiger partial charge in [0.25, 0.3) is 0 Å². The Kier molecular flexibility index (Phi) is 6.89. The first-order valence-corrected chi connectivity index (χ1v) is 7.10. The number of aliphatic hydroxyl groups excluding tert-OH is 1. The molecule has 3 heteroatoms. The maximum atomic E-state index is 9.81. The Hall–Kier alpha value is -1.06. The van der Waals surface area contributed by atoms with E-state index in [9.17, 15) is 5.11 Å². The summed E-state index contributed by atoms with van der Waals surface area (Å²) in [6.45, 7) is 10.4. The van der Waals surface area contributed by atoms with Crippen LogP contribution in [0.2, 0.25) is 0 Å². The van der Waals surface area contributed by atoms with Gasteiger partial charge >= 0.3 is 0 Å². The van der Waals surface area contributed by atoms with Gasteiger partial charge in [0.2, 0.25) is 0 Å². The molecule has 19 heavy (non-hydrogen) atoms. The molecule has 0 saturated heterocycles. The summed E-state index contributed by atoms with van der Waals surface area (Å²) >= 11 is 0. The number of hydrogen-bond donors (Lipinski definition) is 2. The summed E-state index contributed by atoms with van der Waals surface area (Å²) < 4.78 is 5.63. The smallest absolute Gasteiger partial charge is 0.119 e. The van der Waals surface area contributed by atoms with Crippen LogP contribution in [-0.2, 0) is 0 Å². The Morgan fingerprint density at radius 3 is 2.53 bits per heavy atom. The highest BCUT2D eigenvalue weighted by atomic mass is 16.5. The van der Waals surface area contributed by atoms with Crippen molar-refractivity contribution in [1.82, 2.24) is 5.32 Å². The van der Waals surface area contributed by atoms with Crippen LogP contribution in [0.15, 0.2) is 24.3 Å². The molecule has 1 atom stereocenters. The van der Waals surface area contributed by atoms with E-state index in [2.05, 4.69) is 39.1 Å². The molecule has 2 N–H and O–H groups in total. The van der Waals surface area contributed by atoms with Crippen molar-refractivity contribution in [3.63, 3.8) is 0 Å². The van der Waals surface area contributed by atoms with E-state index in [-0.39, 0.29) is 0 Å². The molecule has 108 valence electrons. The summed E-state index contributed by atoms with van der Waals surface area (Å²) in [5.74, 6) is 1.91. The molecule has 1 rings (SSSR count). The molecule has 0 aliphatic rings. The maximum absolute atomic E-state index is 9.81. The lowest BCUT2D eigenvalue weighted by Gasteiger charge is -2.15. The molecule has 0 aliphatic heterocycles. The number of benzene rings is 1. The highest BCUT2D eigenvalue weighted by molar-refractivity contribution is 5.30. The maximum Gasteiger partial charge on any atom is 0.119 e. The molecule has 0 saturated carbocycles. The van der Waals surface area contributed by atoms with Crippen LogP contribution in [0.4, 0.5) is 0 Å². The van der Waals surface area contributed by atoms with Crippen molar-refractivity contribution in [3.8, 4) is 5.75 Å². The van der Waals surface area contributed by atoms with Crippen LogP contribution in [-0.4, -0.2) is 30.9 Å². The predicted octanol–water partition coefficient (Wildman–Crippen LogP) is 2.80. The fourth-order valence-electron chi connectivity index (χ4n) is 1.75. The number of aliphatic hydroxyl groups is 1. The largest absolute Gasteiger partial charge is 0.491 e. The fraction of sp³-hybridized carbons (Fsp3) is 0.625. The Morgan fingerprint density at radius 2 is 1.89 bits per heavy atom. The average molecular weight is 265 g/mol. The van der Waals surface area contributed by atoms with E-state index in [1.54, 1.807) is 0 Å². The summed E-state index contributed by atoms with van der Waals surface area (Å²) in [6, 6.07) is 8.06. The van der Waals surface area contributed by atoms with Gasteiger partial charge in [-0.05, 0) is 36.1 Å². The lowest BCUT2D eigenvalue weighted by molar-refractivity contribution is 0.106. The minimum atomic E-state index is -0.471. The second-order valence-electron chi connectivity index (χ2n) is 5.74. The molecule has 3 nitrogen and oxygen atoms in total. The molecule has 0 bridgehead atoms.